The Morgan fingerprint density at radius 1 is 1.44 bits per heavy atom. The summed E-state index contributed by atoms with van der Waals surface area (Å²) in [7, 11) is 0. The highest BCUT2D eigenvalue weighted by atomic mass is 79.9. The lowest BCUT2D eigenvalue weighted by molar-refractivity contribution is 0.222. The molecular weight excluding hydrogens is 336 g/mol. The first-order valence-corrected chi connectivity index (χ1v) is 6.97. The van der Waals surface area contributed by atoms with E-state index in [9.17, 15) is 5.11 Å². The second-order valence-electron chi connectivity index (χ2n) is 4.11. The van der Waals surface area contributed by atoms with Crippen LogP contribution in [-0.2, 0) is 0 Å². The Labute approximate surface area is 112 Å². The number of anilines is 1. The molecular formula is C11H14Br2N2O. The van der Waals surface area contributed by atoms with Crippen molar-refractivity contribution in [3.63, 3.8) is 0 Å². The van der Waals surface area contributed by atoms with Crippen molar-refractivity contribution in [1.82, 2.24) is 4.98 Å². The second-order valence-corrected chi connectivity index (χ2v) is 5.88. The maximum atomic E-state index is 9.25. The lowest BCUT2D eigenvalue weighted by Gasteiger charge is -2.20. The zero-order valence-electron chi connectivity index (χ0n) is 8.79. The zero-order chi connectivity index (χ0) is 11.5. The quantitative estimate of drug-likeness (QED) is 0.880. The molecule has 3 nitrogen and oxygen atoms in total. The van der Waals surface area contributed by atoms with E-state index in [1.807, 2.05) is 6.07 Å². The van der Waals surface area contributed by atoms with E-state index in [1.165, 1.54) is 6.42 Å². The van der Waals surface area contributed by atoms with Gasteiger partial charge in [0.1, 0.15) is 5.82 Å². The number of nitrogens with zero attached hydrogens (tertiary/aromatic N) is 1. The van der Waals surface area contributed by atoms with Gasteiger partial charge in [0, 0.05) is 29.2 Å². The molecule has 0 aliphatic heterocycles. The maximum absolute atomic E-state index is 9.25. The van der Waals surface area contributed by atoms with Crippen LogP contribution in [0.2, 0.25) is 0 Å². The lowest BCUT2D eigenvalue weighted by atomic mass is 10.1. The van der Waals surface area contributed by atoms with Crippen molar-refractivity contribution in [2.45, 2.75) is 25.3 Å². The molecule has 16 heavy (non-hydrogen) atoms. The van der Waals surface area contributed by atoms with Crippen molar-refractivity contribution >= 4 is 37.7 Å². The lowest BCUT2D eigenvalue weighted by Crippen LogP contribution is -2.26. The van der Waals surface area contributed by atoms with E-state index in [2.05, 4.69) is 42.2 Å². The Morgan fingerprint density at radius 3 is 2.94 bits per heavy atom. The first-order valence-electron chi connectivity index (χ1n) is 5.39. The smallest absolute Gasteiger partial charge is 0.140 e. The average Bonchev–Trinajstić information content (AvgIpc) is 2.69. The summed E-state index contributed by atoms with van der Waals surface area (Å²) in [5, 5.41) is 12.6. The minimum Gasteiger partial charge on any atom is -0.396 e. The number of aliphatic hydroxyl groups excluding tert-OH is 1. The maximum Gasteiger partial charge on any atom is 0.140 e. The van der Waals surface area contributed by atoms with Crippen LogP contribution >= 0.6 is 31.9 Å². The van der Waals surface area contributed by atoms with Crippen LogP contribution in [0.25, 0.3) is 0 Å². The summed E-state index contributed by atoms with van der Waals surface area (Å²) in [6.45, 7) is 0.256. The number of aromatic nitrogens is 1. The van der Waals surface area contributed by atoms with Gasteiger partial charge in [-0.25, -0.2) is 4.98 Å². The van der Waals surface area contributed by atoms with E-state index in [0.717, 1.165) is 27.6 Å². The minimum absolute atomic E-state index is 0.256. The molecule has 1 saturated carbocycles. The number of aliphatic hydroxyl groups is 1. The van der Waals surface area contributed by atoms with Crippen LogP contribution in [0.3, 0.4) is 0 Å². The van der Waals surface area contributed by atoms with Crippen LogP contribution in [0.4, 0.5) is 5.82 Å². The van der Waals surface area contributed by atoms with Gasteiger partial charge in [-0.2, -0.15) is 0 Å². The Hall–Kier alpha value is -0.130. The summed E-state index contributed by atoms with van der Waals surface area (Å²) in [5.41, 5.74) is 0. The molecule has 1 fully saturated rings. The highest BCUT2D eigenvalue weighted by Gasteiger charge is 2.27. The Kier molecular flexibility index (Phi) is 4.21. The number of pyridine rings is 1. The minimum atomic E-state index is 0.256. The molecule has 0 aromatic carbocycles. The first-order chi connectivity index (χ1) is 7.70. The highest BCUT2D eigenvalue weighted by Crippen LogP contribution is 2.30. The molecule has 0 bridgehead atoms. The highest BCUT2D eigenvalue weighted by molar-refractivity contribution is 9.11. The summed E-state index contributed by atoms with van der Waals surface area (Å²) in [6, 6.07) is 2.31. The van der Waals surface area contributed by atoms with Crippen molar-refractivity contribution in [3.8, 4) is 0 Å². The van der Waals surface area contributed by atoms with E-state index in [0.29, 0.717) is 12.0 Å². The van der Waals surface area contributed by atoms with E-state index >= 15 is 0 Å². The van der Waals surface area contributed by atoms with E-state index in [1.54, 1.807) is 6.20 Å². The third kappa shape index (κ3) is 2.76. The van der Waals surface area contributed by atoms with Gasteiger partial charge < -0.3 is 10.4 Å². The molecule has 1 aliphatic rings. The largest absolute Gasteiger partial charge is 0.396 e. The van der Waals surface area contributed by atoms with Crippen LogP contribution < -0.4 is 5.32 Å². The second kappa shape index (κ2) is 5.47. The third-order valence-electron chi connectivity index (χ3n) is 3.02. The predicted octanol–water partition coefficient (Wildman–Crippen LogP) is 3.18. The van der Waals surface area contributed by atoms with Crippen LogP contribution in [0.1, 0.15) is 19.3 Å². The van der Waals surface area contributed by atoms with Crippen molar-refractivity contribution < 1.29 is 5.11 Å². The first kappa shape index (κ1) is 12.3. The van der Waals surface area contributed by atoms with E-state index < -0.39 is 0 Å². The fourth-order valence-electron chi connectivity index (χ4n) is 2.14. The van der Waals surface area contributed by atoms with Gasteiger partial charge >= 0.3 is 0 Å². The number of nitrogens with one attached hydrogen (secondary N) is 1. The van der Waals surface area contributed by atoms with E-state index in [-0.39, 0.29) is 6.61 Å². The molecule has 1 heterocycles. The van der Waals surface area contributed by atoms with Gasteiger partial charge in [0.2, 0.25) is 0 Å². The molecule has 0 amide bonds. The average molecular weight is 350 g/mol. The Morgan fingerprint density at radius 2 is 2.25 bits per heavy atom. The molecule has 0 saturated heterocycles. The molecule has 5 heteroatoms. The van der Waals surface area contributed by atoms with Crippen LogP contribution in [0.15, 0.2) is 21.2 Å². The van der Waals surface area contributed by atoms with Crippen LogP contribution in [0, 0.1) is 5.92 Å². The standard InChI is InChI=1S/C11H14Br2N2O/c12-8-4-9(13)11(14-5-8)15-10-3-1-2-7(10)6-16/h4-5,7,10,16H,1-3,6H2,(H,14,15). The molecule has 2 atom stereocenters. The molecule has 1 aromatic rings. The SMILES string of the molecule is OCC1CCCC1Nc1ncc(Br)cc1Br. The van der Waals surface area contributed by atoms with Crippen molar-refractivity contribution in [1.29, 1.82) is 0 Å². The molecule has 88 valence electrons. The van der Waals surface area contributed by atoms with Gasteiger partial charge in [0.05, 0.1) is 4.47 Å². The van der Waals surface area contributed by atoms with Crippen molar-refractivity contribution in [2.24, 2.45) is 5.92 Å². The molecule has 0 spiro atoms. The zero-order valence-corrected chi connectivity index (χ0v) is 12.0. The number of halogens is 2. The van der Waals surface area contributed by atoms with Gasteiger partial charge in [-0.1, -0.05) is 6.42 Å². The van der Waals surface area contributed by atoms with Crippen molar-refractivity contribution in [3.05, 3.63) is 21.2 Å². The summed E-state index contributed by atoms with van der Waals surface area (Å²) < 4.78 is 1.90. The molecule has 2 unspecified atom stereocenters. The summed E-state index contributed by atoms with van der Waals surface area (Å²) >= 11 is 6.85. The summed E-state index contributed by atoms with van der Waals surface area (Å²) in [5.74, 6) is 1.21. The normalized spacial score (nSPS) is 24.7. The summed E-state index contributed by atoms with van der Waals surface area (Å²) in [4.78, 5) is 4.32. The molecule has 0 radical (unpaired) electrons. The number of rotatable bonds is 3. The van der Waals surface area contributed by atoms with Crippen molar-refractivity contribution in [2.75, 3.05) is 11.9 Å². The fraction of sp³-hybridized carbons (Fsp3) is 0.545. The van der Waals surface area contributed by atoms with Crippen LogP contribution in [0.5, 0.6) is 0 Å². The predicted molar refractivity (Wildman–Crippen MR) is 71.5 cm³/mol. The Bertz CT molecular complexity index is 373. The van der Waals surface area contributed by atoms with Gasteiger partial charge in [-0.05, 0) is 50.8 Å². The third-order valence-corrected chi connectivity index (χ3v) is 4.06. The fourth-order valence-corrected chi connectivity index (χ4v) is 3.24. The van der Waals surface area contributed by atoms with Crippen LogP contribution in [-0.4, -0.2) is 22.7 Å². The number of hydrogen-bond donors (Lipinski definition) is 2. The number of hydrogen-bond acceptors (Lipinski definition) is 3. The molecule has 2 N–H and O–H groups in total. The molecule has 2 rings (SSSR count). The van der Waals surface area contributed by atoms with E-state index in [4.69, 9.17) is 0 Å². The molecule has 1 aromatic heterocycles. The Balaban J connectivity index is 2.08. The van der Waals surface area contributed by atoms with Gasteiger partial charge in [0.15, 0.2) is 0 Å². The topological polar surface area (TPSA) is 45.1 Å². The summed E-state index contributed by atoms with van der Waals surface area (Å²) in [6.07, 6.45) is 5.16. The monoisotopic (exact) mass is 348 g/mol. The molecule has 1 aliphatic carbocycles. The van der Waals surface area contributed by atoms with Gasteiger partial charge in [0.25, 0.3) is 0 Å². The van der Waals surface area contributed by atoms with Gasteiger partial charge in [-0.15, -0.1) is 0 Å². The van der Waals surface area contributed by atoms with Gasteiger partial charge in [-0.3, -0.25) is 0 Å².